The molecule has 96 valence electrons. The Bertz CT molecular complexity index is 555. The predicted octanol–water partition coefficient (Wildman–Crippen LogP) is 2.65. The Kier molecular flexibility index (Phi) is 2.74. The van der Waals surface area contributed by atoms with Gasteiger partial charge in [-0.3, -0.25) is 0 Å². The zero-order valence-corrected chi connectivity index (χ0v) is 10.7. The number of hydrogen-bond donors (Lipinski definition) is 3. The molecular formula is C14H19N3O. The SMILES string of the molecule is CCCC1(c2nc3ccc(O)cc3[nH]2)CCCN1. The van der Waals surface area contributed by atoms with Gasteiger partial charge in [0.05, 0.1) is 16.6 Å². The van der Waals surface area contributed by atoms with Crippen LogP contribution in [0, 0.1) is 0 Å². The lowest BCUT2D eigenvalue weighted by Gasteiger charge is -2.26. The Morgan fingerprint density at radius 1 is 1.44 bits per heavy atom. The van der Waals surface area contributed by atoms with Crippen LogP contribution in [0.1, 0.15) is 38.4 Å². The Morgan fingerprint density at radius 2 is 2.33 bits per heavy atom. The second kappa shape index (κ2) is 4.28. The molecule has 4 heteroatoms. The Labute approximate surface area is 106 Å². The first-order chi connectivity index (χ1) is 8.73. The molecule has 0 saturated carbocycles. The lowest BCUT2D eigenvalue weighted by molar-refractivity contribution is 0.338. The molecule has 0 bridgehead atoms. The molecule has 1 unspecified atom stereocenters. The topological polar surface area (TPSA) is 60.9 Å². The number of aromatic nitrogens is 2. The first kappa shape index (κ1) is 11.5. The number of fused-ring (bicyclic) bond motifs is 1. The molecule has 1 aromatic heterocycles. The smallest absolute Gasteiger partial charge is 0.127 e. The van der Waals surface area contributed by atoms with E-state index in [1.165, 1.54) is 6.42 Å². The lowest BCUT2D eigenvalue weighted by atomic mass is 9.91. The van der Waals surface area contributed by atoms with Gasteiger partial charge in [0.2, 0.25) is 0 Å². The molecule has 3 rings (SSSR count). The van der Waals surface area contributed by atoms with Crippen molar-refractivity contribution in [1.82, 2.24) is 15.3 Å². The third-order valence-electron chi connectivity index (χ3n) is 3.84. The fraction of sp³-hybridized carbons (Fsp3) is 0.500. The van der Waals surface area contributed by atoms with Crippen molar-refractivity contribution in [3.63, 3.8) is 0 Å². The Morgan fingerprint density at radius 3 is 3.06 bits per heavy atom. The summed E-state index contributed by atoms with van der Waals surface area (Å²) in [5.41, 5.74) is 1.84. The van der Waals surface area contributed by atoms with E-state index in [-0.39, 0.29) is 11.3 Å². The number of phenolic OH excluding ortho intramolecular Hbond substituents is 1. The lowest BCUT2D eigenvalue weighted by Crippen LogP contribution is -2.37. The van der Waals surface area contributed by atoms with Crippen LogP contribution in [0.3, 0.4) is 0 Å². The highest BCUT2D eigenvalue weighted by Crippen LogP contribution is 2.34. The van der Waals surface area contributed by atoms with E-state index in [4.69, 9.17) is 4.98 Å². The average molecular weight is 245 g/mol. The minimum atomic E-state index is 0.00336. The van der Waals surface area contributed by atoms with Crippen LogP contribution in [0.25, 0.3) is 11.0 Å². The summed E-state index contributed by atoms with van der Waals surface area (Å²) >= 11 is 0. The van der Waals surface area contributed by atoms with E-state index in [2.05, 4.69) is 17.2 Å². The summed E-state index contributed by atoms with van der Waals surface area (Å²) in [7, 11) is 0. The standard InChI is InChI=1S/C14H19N3O/c1-2-6-14(7-3-8-15-14)13-16-11-5-4-10(18)9-12(11)17-13/h4-5,9,15,18H,2-3,6-8H2,1H3,(H,16,17). The first-order valence-corrected chi connectivity index (χ1v) is 6.68. The number of H-pyrrole nitrogens is 1. The summed E-state index contributed by atoms with van der Waals surface area (Å²) in [4.78, 5) is 8.07. The monoisotopic (exact) mass is 245 g/mol. The van der Waals surface area contributed by atoms with Gasteiger partial charge >= 0.3 is 0 Å². The molecule has 0 radical (unpaired) electrons. The molecule has 0 spiro atoms. The Balaban J connectivity index is 2.06. The van der Waals surface area contributed by atoms with Gasteiger partial charge in [0, 0.05) is 6.07 Å². The zero-order chi connectivity index (χ0) is 12.6. The summed E-state index contributed by atoms with van der Waals surface area (Å²) in [6.07, 6.45) is 4.56. The molecule has 18 heavy (non-hydrogen) atoms. The van der Waals surface area contributed by atoms with Gasteiger partial charge in [-0.2, -0.15) is 0 Å². The minimum Gasteiger partial charge on any atom is -0.508 e. The number of phenols is 1. The van der Waals surface area contributed by atoms with Gasteiger partial charge in [0.15, 0.2) is 0 Å². The minimum absolute atomic E-state index is 0.00336. The maximum atomic E-state index is 9.51. The van der Waals surface area contributed by atoms with Crippen molar-refractivity contribution >= 4 is 11.0 Å². The fourth-order valence-corrected chi connectivity index (χ4v) is 2.99. The number of benzene rings is 1. The van der Waals surface area contributed by atoms with Crippen LogP contribution in [0.2, 0.25) is 0 Å². The highest BCUT2D eigenvalue weighted by molar-refractivity contribution is 5.76. The molecule has 3 N–H and O–H groups in total. The Hall–Kier alpha value is -1.55. The first-order valence-electron chi connectivity index (χ1n) is 6.68. The molecule has 1 aliphatic heterocycles. The van der Waals surface area contributed by atoms with E-state index >= 15 is 0 Å². The maximum absolute atomic E-state index is 9.51. The second-order valence-electron chi connectivity index (χ2n) is 5.15. The molecule has 1 atom stereocenters. The van der Waals surface area contributed by atoms with Gasteiger partial charge in [0.25, 0.3) is 0 Å². The molecule has 1 saturated heterocycles. The summed E-state index contributed by atoms with van der Waals surface area (Å²) < 4.78 is 0. The molecular weight excluding hydrogens is 226 g/mol. The number of nitrogens with zero attached hydrogens (tertiary/aromatic N) is 1. The van der Waals surface area contributed by atoms with Crippen LogP contribution >= 0.6 is 0 Å². The number of nitrogens with one attached hydrogen (secondary N) is 2. The van der Waals surface area contributed by atoms with Crippen molar-refractivity contribution in [2.75, 3.05) is 6.54 Å². The normalized spacial score (nSPS) is 23.8. The average Bonchev–Trinajstić information content (AvgIpc) is 2.95. The van der Waals surface area contributed by atoms with Crippen molar-refractivity contribution in [3.8, 4) is 5.75 Å². The van der Waals surface area contributed by atoms with Crippen molar-refractivity contribution in [3.05, 3.63) is 24.0 Å². The third-order valence-corrected chi connectivity index (χ3v) is 3.84. The summed E-state index contributed by atoms with van der Waals surface area (Å²) in [5.74, 6) is 1.30. The van der Waals surface area contributed by atoms with Crippen LogP contribution in [0.5, 0.6) is 5.75 Å². The van der Waals surface area contributed by atoms with Gasteiger partial charge < -0.3 is 15.4 Å². The zero-order valence-electron chi connectivity index (χ0n) is 10.7. The third kappa shape index (κ3) is 1.77. The van der Waals surface area contributed by atoms with E-state index in [1.807, 2.05) is 6.07 Å². The molecule has 1 aromatic carbocycles. The molecule has 4 nitrogen and oxygen atoms in total. The number of imidazole rings is 1. The van der Waals surface area contributed by atoms with E-state index in [0.29, 0.717) is 0 Å². The van der Waals surface area contributed by atoms with Crippen LogP contribution in [-0.2, 0) is 5.54 Å². The molecule has 1 aliphatic rings. The fourth-order valence-electron chi connectivity index (χ4n) is 2.99. The number of aromatic amines is 1. The summed E-state index contributed by atoms with van der Waals surface area (Å²) in [6, 6.07) is 5.28. The highest BCUT2D eigenvalue weighted by Gasteiger charge is 2.37. The van der Waals surface area contributed by atoms with Gasteiger partial charge in [-0.25, -0.2) is 4.98 Å². The largest absolute Gasteiger partial charge is 0.508 e. The van der Waals surface area contributed by atoms with Crippen molar-refractivity contribution in [1.29, 1.82) is 0 Å². The van der Waals surface area contributed by atoms with Crippen molar-refractivity contribution in [2.45, 2.75) is 38.1 Å². The number of rotatable bonds is 3. The van der Waals surface area contributed by atoms with Crippen molar-refractivity contribution < 1.29 is 5.11 Å². The number of hydrogen-bond acceptors (Lipinski definition) is 3. The summed E-state index contributed by atoms with van der Waals surface area (Å²) in [5, 5.41) is 13.1. The van der Waals surface area contributed by atoms with Crippen LogP contribution in [-0.4, -0.2) is 21.6 Å². The number of aromatic hydroxyl groups is 1. The van der Waals surface area contributed by atoms with E-state index in [9.17, 15) is 5.11 Å². The van der Waals surface area contributed by atoms with Gasteiger partial charge in [-0.05, 0) is 37.9 Å². The van der Waals surface area contributed by atoms with Gasteiger partial charge in [-0.15, -0.1) is 0 Å². The van der Waals surface area contributed by atoms with E-state index in [1.54, 1.807) is 12.1 Å². The predicted molar refractivity (Wildman–Crippen MR) is 71.6 cm³/mol. The van der Waals surface area contributed by atoms with Gasteiger partial charge in [0.1, 0.15) is 11.6 Å². The van der Waals surface area contributed by atoms with Crippen LogP contribution < -0.4 is 5.32 Å². The molecule has 2 heterocycles. The van der Waals surface area contributed by atoms with Crippen LogP contribution in [0.15, 0.2) is 18.2 Å². The molecule has 0 amide bonds. The van der Waals surface area contributed by atoms with Gasteiger partial charge in [-0.1, -0.05) is 13.3 Å². The van der Waals surface area contributed by atoms with E-state index in [0.717, 1.165) is 42.7 Å². The van der Waals surface area contributed by atoms with E-state index < -0.39 is 0 Å². The molecule has 2 aromatic rings. The highest BCUT2D eigenvalue weighted by atomic mass is 16.3. The quantitative estimate of drug-likeness (QED) is 0.779. The molecule has 0 aliphatic carbocycles. The van der Waals surface area contributed by atoms with Crippen LogP contribution in [0.4, 0.5) is 0 Å². The molecule has 1 fully saturated rings. The second-order valence-corrected chi connectivity index (χ2v) is 5.15. The summed E-state index contributed by atoms with van der Waals surface area (Å²) in [6.45, 7) is 3.26. The van der Waals surface area contributed by atoms with Crippen molar-refractivity contribution in [2.24, 2.45) is 0 Å². The maximum Gasteiger partial charge on any atom is 0.127 e.